The van der Waals surface area contributed by atoms with E-state index in [1.54, 1.807) is 35.6 Å². The number of benzene rings is 2. The van der Waals surface area contributed by atoms with E-state index < -0.39 is 64.0 Å². The molecule has 0 bridgehead atoms. The molecule has 1 amide bonds. The molecule has 12 heteroatoms. The standard InChI is InChI=1S/C20H9F7N4O/c21-12-13(22)15(24)17(16(25)14(12)23)30-20(32)9-7-28-31-11(18(26)27)6-10(29-19(9)31)8-4-2-1-3-5-8/h1-7,18H,(H,30,32). The molecule has 0 spiro atoms. The van der Waals surface area contributed by atoms with Crippen molar-refractivity contribution in [2.75, 3.05) is 5.32 Å². The normalized spacial score (nSPS) is 11.4. The van der Waals surface area contributed by atoms with Gasteiger partial charge in [-0.1, -0.05) is 30.3 Å². The maximum atomic E-state index is 13.9. The number of amides is 1. The fraction of sp³-hybridized carbons (Fsp3) is 0.0500. The van der Waals surface area contributed by atoms with Crippen LogP contribution in [-0.2, 0) is 0 Å². The molecular formula is C20H9F7N4O. The molecule has 4 rings (SSSR count). The average molecular weight is 454 g/mol. The highest BCUT2D eigenvalue weighted by Gasteiger charge is 2.28. The second-order valence-corrected chi connectivity index (χ2v) is 6.43. The molecule has 0 aliphatic rings. The van der Waals surface area contributed by atoms with E-state index in [9.17, 15) is 35.5 Å². The monoisotopic (exact) mass is 454 g/mol. The Labute approximate surface area is 174 Å². The first-order valence-corrected chi connectivity index (χ1v) is 8.75. The zero-order valence-electron chi connectivity index (χ0n) is 15.5. The second kappa shape index (κ2) is 7.94. The number of hydrogen-bond donors (Lipinski definition) is 1. The Morgan fingerprint density at radius 1 is 0.906 bits per heavy atom. The molecule has 32 heavy (non-hydrogen) atoms. The van der Waals surface area contributed by atoms with Crippen LogP contribution < -0.4 is 5.32 Å². The van der Waals surface area contributed by atoms with Crippen molar-refractivity contribution >= 4 is 17.2 Å². The van der Waals surface area contributed by atoms with Crippen molar-refractivity contribution in [2.24, 2.45) is 0 Å². The first kappa shape index (κ1) is 21.3. The molecule has 2 aromatic heterocycles. The van der Waals surface area contributed by atoms with Crippen LogP contribution >= 0.6 is 0 Å². The van der Waals surface area contributed by atoms with Crippen molar-refractivity contribution < 1.29 is 35.5 Å². The molecule has 164 valence electrons. The Bertz CT molecular complexity index is 1330. The lowest BCUT2D eigenvalue weighted by atomic mass is 10.1. The first-order chi connectivity index (χ1) is 15.2. The molecule has 2 aromatic carbocycles. The van der Waals surface area contributed by atoms with Crippen molar-refractivity contribution in [1.82, 2.24) is 14.6 Å². The SMILES string of the molecule is O=C(Nc1c(F)c(F)c(F)c(F)c1F)c1cnn2c(C(F)F)cc(-c3ccccc3)nc12. The predicted molar refractivity (Wildman–Crippen MR) is 97.6 cm³/mol. The number of nitrogens with one attached hydrogen (secondary N) is 1. The van der Waals surface area contributed by atoms with E-state index in [1.807, 2.05) is 0 Å². The van der Waals surface area contributed by atoms with Gasteiger partial charge < -0.3 is 5.32 Å². The minimum Gasteiger partial charge on any atom is -0.317 e. The molecule has 1 N–H and O–H groups in total. The summed E-state index contributed by atoms with van der Waals surface area (Å²) in [5.41, 5.74) is -2.72. The van der Waals surface area contributed by atoms with Gasteiger partial charge in [0, 0.05) is 5.56 Å². The number of nitrogens with zero attached hydrogens (tertiary/aromatic N) is 3. The van der Waals surface area contributed by atoms with Gasteiger partial charge >= 0.3 is 0 Å². The number of fused-ring (bicyclic) bond motifs is 1. The number of rotatable bonds is 4. The van der Waals surface area contributed by atoms with Crippen molar-refractivity contribution in [3.05, 3.63) is 82.9 Å². The quantitative estimate of drug-likeness (QED) is 0.259. The summed E-state index contributed by atoms with van der Waals surface area (Å²) >= 11 is 0. The smallest absolute Gasteiger partial charge is 0.280 e. The highest BCUT2D eigenvalue weighted by Crippen LogP contribution is 2.29. The molecule has 0 atom stereocenters. The summed E-state index contributed by atoms with van der Waals surface area (Å²) in [6, 6.07) is 9.11. The first-order valence-electron chi connectivity index (χ1n) is 8.75. The van der Waals surface area contributed by atoms with Gasteiger partial charge in [0.05, 0.1) is 11.9 Å². The summed E-state index contributed by atoms with van der Waals surface area (Å²) in [6.07, 6.45) is -2.25. The minimum absolute atomic E-state index is 0.0409. The van der Waals surface area contributed by atoms with E-state index in [-0.39, 0.29) is 5.69 Å². The summed E-state index contributed by atoms with van der Waals surface area (Å²) in [5.74, 6) is -12.8. The lowest BCUT2D eigenvalue weighted by Gasteiger charge is -2.10. The number of halogens is 7. The third kappa shape index (κ3) is 3.43. The Morgan fingerprint density at radius 3 is 2.09 bits per heavy atom. The molecule has 0 unspecified atom stereocenters. The number of carbonyl (C=O) groups is 1. The van der Waals surface area contributed by atoms with Crippen molar-refractivity contribution in [3.63, 3.8) is 0 Å². The summed E-state index contributed by atoms with van der Waals surface area (Å²) in [7, 11) is 0. The van der Waals surface area contributed by atoms with Crippen LogP contribution in [0.1, 0.15) is 22.5 Å². The Kier molecular flexibility index (Phi) is 5.28. The van der Waals surface area contributed by atoms with Crippen LogP contribution in [0.5, 0.6) is 0 Å². The van der Waals surface area contributed by atoms with Crippen LogP contribution in [-0.4, -0.2) is 20.5 Å². The van der Waals surface area contributed by atoms with E-state index in [1.165, 1.54) is 0 Å². The zero-order valence-corrected chi connectivity index (χ0v) is 15.5. The number of aromatic nitrogens is 3. The van der Waals surface area contributed by atoms with Crippen LogP contribution in [0.4, 0.5) is 36.4 Å². The molecule has 4 aromatic rings. The zero-order chi connectivity index (χ0) is 23.2. The lowest BCUT2D eigenvalue weighted by molar-refractivity contribution is 0.102. The summed E-state index contributed by atoms with van der Waals surface area (Å²) in [4.78, 5) is 16.7. The van der Waals surface area contributed by atoms with Gasteiger partial charge in [-0.3, -0.25) is 4.79 Å². The van der Waals surface area contributed by atoms with E-state index in [2.05, 4.69) is 10.1 Å². The average Bonchev–Trinajstić information content (AvgIpc) is 3.23. The van der Waals surface area contributed by atoms with Crippen LogP contribution in [0.25, 0.3) is 16.9 Å². The molecule has 0 aliphatic heterocycles. The van der Waals surface area contributed by atoms with Crippen molar-refractivity contribution in [3.8, 4) is 11.3 Å². The maximum Gasteiger partial charge on any atom is 0.280 e. The van der Waals surface area contributed by atoms with Gasteiger partial charge in [0.2, 0.25) is 5.82 Å². The highest BCUT2D eigenvalue weighted by atomic mass is 19.3. The summed E-state index contributed by atoms with van der Waals surface area (Å²) in [6.45, 7) is 0. The maximum absolute atomic E-state index is 13.9. The van der Waals surface area contributed by atoms with Gasteiger partial charge in [0.15, 0.2) is 28.9 Å². The molecule has 5 nitrogen and oxygen atoms in total. The summed E-state index contributed by atoms with van der Waals surface area (Å²) in [5, 5.41) is 5.22. The van der Waals surface area contributed by atoms with Crippen molar-refractivity contribution in [2.45, 2.75) is 6.43 Å². The number of anilines is 1. The topological polar surface area (TPSA) is 59.3 Å². The highest BCUT2D eigenvalue weighted by molar-refractivity contribution is 6.08. The molecule has 0 radical (unpaired) electrons. The van der Waals surface area contributed by atoms with E-state index in [4.69, 9.17) is 0 Å². The van der Waals surface area contributed by atoms with Crippen LogP contribution in [0.2, 0.25) is 0 Å². The molecule has 2 heterocycles. The Morgan fingerprint density at radius 2 is 1.50 bits per heavy atom. The molecular weight excluding hydrogens is 445 g/mol. The number of hydrogen-bond acceptors (Lipinski definition) is 3. The third-order valence-corrected chi connectivity index (χ3v) is 4.49. The van der Waals surface area contributed by atoms with Gasteiger partial charge in [-0.2, -0.15) is 5.10 Å². The van der Waals surface area contributed by atoms with Gasteiger partial charge in [0.25, 0.3) is 12.3 Å². The van der Waals surface area contributed by atoms with Gasteiger partial charge in [0.1, 0.15) is 16.9 Å². The van der Waals surface area contributed by atoms with Gasteiger partial charge in [-0.15, -0.1) is 0 Å². The third-order valence-electron chi connectivity index (χ3n) is 4.49. The molecule has 0 saturated carbocycles. The molecule has 0 fully saturated rings. The van der Waals surface area contributed by atoms with Gasteiger partial charge in [-0.25, -0.2) is 40.2 Å². The van der Waals surface area contributed by atoms with E-state index in [0.717, 1.165) is 12.3 Å². The minimum atomic E-state index is -3.03. The fourth-order valence-electron chi connectivity index (χ4n) is 2.95. The predicted octanol–water partition coefficient (Wildman–Crippen LogP) is 5.28. The fourth-order valence-corrected chi connectivity index (χ4v) is 2.95. The van der Waals surface area contributed by atoms with Crippen LogP contribution in [0, 0.1) is 29.1 Å². The lowest BCUT2D eigenvalue weighted by Crippen LogP contribution is -2.17. The van der Waals surface area contributed by atoms with Crippen LogP contribution in [0.15, 0.2) is 42.6 Å². The van der Waals surface area contributed by atoms with E-state index in [0.29, 0.717) is 10.1 Å². The molecule has 0 saturated heterocycles. The number of alkyl halides is 2. The van der Waals surface area contributed by atoms with Crippen molar-refractivity contribution in [1.29, 1.82) is 0 Å². The molecule has 0 aliphatic carbocycles. The largest absolute Gasteiger partial charge is 0.317 e. The van der Waals surface area contributed by atoms with Crippen LogP contribution in [0.3, 0.4) is 0 Å². The van der Waals surface area contributed by atoms with E-state index >= 15 is 0 Å². The summed E-state index contributed by atoms with van der Waals surface area (Å²) < 4.78 is 95.6. The Balaban J connectivity index is 1.84. The number of carbonyl (C=O) groups excluding carboxylic acids is 1. The Hall–Kier alpha value is -3.96. The van der Waals surface area contributed by atoms with Gasteiger partial charge in [-0.05, 0) is 6.07 Å². The second-order valence-electron chi connectivity index (χ2n) is 6.43.